The van der Waals surface area contributed by atoms with Gasteiger partial charge in [-0.3, -0.25) is 0 Å². The predicted octanol–water partition coefficient (Wildman–Crippen LogP) is 4.26. The molecule has 0 bridgehead atoms. The second-order valence-corrected chi connectivity index (χ2v) is 4.82. The van der Waals surface area contributed by atoms with Crippen LogP contribution in [-0.2, 0) is 0 Å². The van der Waals surface area contributed by atoms with E-state index in [9.17, 15) is 5.11 Å². The largest absolute Gasteiger partial charge is 0.507 e. The predicted molar refractivity (Wildman–Crippen MR) is 78.4 cm³/mol. The van der Waals surface area contributed by atoms with Crippen molar-refractivity contribution < 1.29 is 5.11 Å². The summed E-state index contributed by atoms with van der Waals surface area (Å²) in [6.45, 7) is 3.47. The minimum Gasteiger partial charge on any atom is -0.507 e. The zero-order valence-corrected chi connectivity index (χ0v) is 11.9. The second-order valence-electron chi connectivity index (χ2n) is 3.16. The molecule has 0 unspecified atom stereocenters. The van der Waals surface area contributed by atoms with Gasteiger partial charge >= 0.3 is 0 Å². The van der Waals surface area contributed by atoms with Gasteiger partial charge in [0.15, 0.2) is 5.29 Å². The van der Waals surface area contributed by atoms with Crippen LogP contribution in [0.2, 0.25) is 5.02 Å². The Balaban J connectivity index is 3.55. The molecule has 0 amide bonds. The van der Waals surface area contributed by atoms with Crippen molar-refractivity contribution in [2.75, 3.05) is 0 Å². The van der Waals surface area contributed by atoms with E-state index in [0.717, 1.165) is 0 Å². The van der Waals surface area contributed by atoms with Gasteiger partial charge in [-0.2, -0.15) is 0 Å². The van der Waals surface area contributed by atoms with E-state index in [1.54, 1.807) is 0 Å². The molecule has 0 radical (unpaired) electrons. The molecule has 1 aromatic rings. The van der Waals surface area contributed by atoms with Crippen LogP contribution < -0.4 is 5.73 Å². The monoisotopic (exact) mass is 324 g/mol. The number of phenolic OH excluding ortho intramolecular Hbond substituents is 1. The number of allylic oxidation sites excluding steroid dienone is 2. The summed E-state index contributed by atoms with van der Waals surface area (Å²) < 4.78 is 0. The van der Waals surface area contributed by atoms with Crippen molar-refractivity contribution in [3.05, 3.63) is 45.4 Å². The summed E-state index contributed by atoms with van der Waals surface area (Å²) in [5, 5.41) is 9.94. The van der Waals surface area contributed by atoms with Gasteiger partial charge in [-0.25, -0.2) is 4.99 Å². The molecular formula is C11H8Cl4N2O. The minimum absolute atomic E-state index is 0.0119. The average Bonchev–Trinajstić information content (AvgIpc) is 2.28. The van der Waals surface area contributed by atoms with E-state index in [1.165, 1.54) is 18.2 Å². The lowest BCUT2D eigenvalue weighted by molar-refractivity contribution is 0.473. The van der Waals surface area contributed by atoms with Crippen LogP contribution >= 0.6 is 46.4 Å². The molecule has 7 heteroatoms. The molecule has 3 nitrogen and oxygen atoms in total. The third-order valence-electron chi connectivity index (χ3n) is 1.88. The highest BCUT2D eigenvalue weighted by Crippen LogP contribution is 2.35. The maximum Gasteiger partial charge on any atom is 0.193 e. The molecule has 0 heterocycles. The lowest BCUT2D eigenvalue weighted by Gasteiger charge is -2.08. The Morgan fingerprint density at radius 3 is 2.39 bits per heavy atom. The van der Waals surface area contributed by atoms with Crippen LogP contribution in [0.25, 0.3) is 5.70 Å². The maximum absolute atomic E-state index is 9.77. The summed E-state index contributed by atoms with van der Waals surface area (Å²) in [7, 11) is 0. The number of hydrogen-bond acceptors (Lipinski definition) is 2. The normalized spacial score (nSPS) is 13.2. The molecule has 0 atom stereocenters. The highest BCUT2D eigenvalue weighted by Gasteiger charge is 2.14. The van der Waals surface area contributed by atoms with E-state index in [1.807, 2.05) is 0 Å². The first kappa shape index (κ1) is 15.2. The quantitative estimate of drug-likeness (QED) is 0.377. The zero-order chi connectivity index (χ0) is 13.9. The number of amidine groups is 1. The van der Waals surface area contributed by atoms with Crippen LogP contribution in [0, 0.1) is 0 Å². The number of nitrogens with zero attached hydrogens (tertiary/aromatic N) is 1. The van der Waals surface area contributed by atoms with Gasteiger partial charge in [0.05, 0.1) is 15.8 Å². The average molecular weight is 326 g/mol. The van der Waals surface area contributed by atoms with Gasteiger partial charge in [-0.05, 0) is 29.8 Å². The number of aliphatic imine (C=N–C) groups is 1. The van der Waals surface area contributed by atoms with Crippen LogP contribution in [-0.4, -0.2) is 10.4 Å². The summed E-state index contributed by atoms with van der Waals surface area (Å²) >= 11 is 23.0. The molecule has 18 heavy (non-hydrogen) atoms. The molecular weight excluding hydrogens is 318 g/mol. The number of hydrogen-bond donors (Lipinski definition) is 2. The topological polar surface area (TPSA) is 58.6 Å². The lowest BCUT2D eigenvalue weighted by atomic mass is 10.1. The molecule has 96 valence electrons. The fourth-order valence-electron chi connectivity index (χ4n) is 1.16. The molecule has 0 saturated carbocycles. The molecule has 0 aromatic heterocycles. The Morgan fingerprint density at radius 2 is 1.89 bits per heavy atom. The van der Waals surface area contributed by atoms with Crippen LogP contribution in [0.1, 0.15) is 5.56 Å². The third kappa shape index (κ3) is 3.82. The van der Waals surface area contributed by atoms with E-state index in [0.29, 0.717) is 5.02 Å². The highest BCUT2D eigenvalue weighted by molar-refractivity contribution is 6.64. The molecule has 1 rings (SSSR count). The Labute approximate surface area is 124 Å². The van der Waals surface area contributed by atoms with Gasteiger partial charge < -0.3 is 10.8 Å². The van der Waals surface area contributed by atoms with Crippen molar-refractivity contribution in [1.29, 1.82) is 0 Å². The zero-order valence-electron chi connectivity index (χ0n) is 8.92. The SMILES string of the molecule is C=C(Cl)/C(Cl)=C(\N=C(/N)Cl)c1cc(Cl)ccc1O. The molecule has 0 aliphatic rings. The molecule has 0 aliphatic heterocycles. The summed E-state index contributed by atoms with van der Waals surface area (Å²) in [5.74, 6) is -0.0906. The second kappa shape index (κ2) is 6.34. The van der Waals surface area contributed by atoms with Crippen molar-refractivity contribution in [1.82, 2.24) is 0 Å². The van der Waals surface area contributed by atoms with Gasteiger partial charge in [0, 0.05) is 10.6 Å². The van der Waals surface area contributed by atoms with Crippen molar-refractivity contribution in [2.45, 2.75) is 0 Å². The molecule has 0 aliphatic carbocycles. The van der Waals surface area contributed by atoms with Gasteiger partial charge in [-0.15, -0.1) is 0 Å². The summed E-state index contributed by atoms with van der Waals surface area (Å²) in [6, 6.07) is 4.35. The van der Waals surface area contributed by atoms with Crippen LogP contribution in [0.3, 0.4) is 0 Å². The Kier molecular flexibility index (Phi) is 5.35. The molecule has 0 fully saturated rings. The first-order chi connectivity index (χ1) is 8.32. The molecule has 1 aromatic carbocycles. The van der Waals surface area contributed by atoms with Crippen LogP contribution in [0.5, 0.6) is 5.75 Å². The van der Waals surface area contributed by atoms with Gasteiger partial charge in [0.1, 0.15) is 5.75 Å². The van der Waals surface area contributed by atoms with Crippen molar-refractivity contribution >= 4 is 57.4 Å². The van der Waals surface area contributed by atoms with E-state index >= 15 is 0 Å². The third-order valence-corrected chi connectivity index (χ3v) is 2.89. The van der Waals surface area contributed by atoms with E-state index in [2.05, 4.69) is 11.6 Å². The standard InChI is InChI=1S/C11H8Cl4N2O/c1-5(12)9(14)10(17-11(15)16)7-4-6(13)2-3-8(7)18/h2-4,18H,1H2,(H2,16,17)/b10-9+. The van der Waals surface area contributed by atoms with Gasteiger partial charge in [0.25, 0.3) is 0 Å². The fourth-order valence-corrected chi connectivity index (χ4v) is 1.65. The van der Waals surface area contributed by atoms with Crippen LogP contribution in [0.4, 0.5) is 0 Å². The number of halogens is 4. The van der Waals surface area contributed by atoms with E-state index in [-0.39, 0.29) is 32.4 Å². The number of benzene rings is 1. The molecule has 3 N–H and O–H groups in total. The first-order valence-electron chi connectivity index (χ1n) is 4.56. The summed E-state index contributed by atoms with van der Waals surface area (Å²) in [4.78, 5) is 3.81. The Hall–Kier alpha value is -0.870. The van der Waals surface area contributed by atoms with E-state index in [4.69, 9.17) is 52.1 Å². The Bertz CT molecular complexity index is 548. The summed E-state index contributed by atoms with van der Waals surface area (Å²) in [6.07, 6.45) is 0. The smallest absolute Gasteiger partial charge is 0.193 e. The number of phenols is 1. The van der Waals surface area contributed by atoms with Crippen molar-refractivity contribution in [3.63, 3.8) is 0 Å². The number of rotatable bonds is 3. The number of aromatic hydroxyl groups is 1. The number of nitrogens with two attached hydrogens (primary N) is 1. The van der Waals surface area contributed by atoms with Crippen LogP contribution in [0.15, 0.2) is 39.8 Å². The lowest BCUT2D eigenvalue weighted by Crippen LogP contribution is -2.02. The molecule has 0 saturated heterocycles. The fraction of sp³-hybridized carbons (Fsp3) is 0. The minimum atomic E-state index is -0.263. The van der Waals surface area contributed by atoms with Gasteiger partial charge in [-0.1, -0.05) is 41.4 Å². The molecule has 0 spiro atoms. The highest BCUT2D eigenvalue weighted by atomic mass is 35.5. The maximum atomic E-state index is 9.77. The van der Waals surface area contributed by atoms with Gasteiger partial charge in [0.2, 0.25) is 0 Å². The Morgan fingerprint density at radius 1 is 1.28 bits per heavy atom. The van der Waals surface area contributed by atoms with Crippen molar-refractivity contribution in [3.8, 4) is 5.75 Å². The van der Waals surface area contributed by atoms with Crippen molar-refractivity contribution in [2.24, 2.45) is 10.7 Å². The first-order valence-corrected chi connectivity index (χ1v) is 6.07. The van der Waals surface area contributed by atoms with E-state index < -0.39 is 0 Å². The summed E-state index contributed by atoms with van der Waals surface area (Å²) in [5.41, 5.74) is 5.63.